The third-order valence-electron chi connectivity index (χ3n) is 4.77. The highest BCUT2D eigenvalue weighted by atomic mass is 16.5. The molecule has 1 unspecified atom stereocenters. The average molecular weight is 363 g/mol. The summed E-state index contributed by atoms with van der Waals surface area (Å²) in [5.41, 5.74) is 2.63. The highest BCUT2D eigenvalue weighted by Gasteiger charge is 2.26. The van der Waals surface area contributed by atoms with E-state index in [9.17, 15) is 9.59 Å². The molecule has 3 aromatic rings. The molecular weight excluding hydrogens is 342 g/mol. The maximum atomic E-state index is 12.6. The Morgan fingerprint density at radius 3 is 2.85 bits per heavy atom. The van der Waals surface area contributed by atoms with E-state index in [0.29, 0.717) is 25.2 Å². The molecule has 1 aromatic heterocycles. The molecule has 1 atom stereocenters. The van der Waals surface area contributed by atoms with Gasteiger partial charge in [0.05, 0.1) is 6.10 Å². The number of H-pyrrole nitrogens is 1. The summed E-state index contributed by atoms with van der Waals surface area (Å²) in [6.07, 6.45) is 1.60. The van der Waals surface area contributed by atoms with Crippen LogP contribution in [-0.2, 0) is 16.1 Å². The zero-order valence-corrected chi connectivity index (χ0v) is 14.9. The second-order valence-corrected chi connectivity index (χ2v) is 6.65. The number of morpholine rings is 1. The van der Waals surface area contributed by atoms with Gasteiger partial charge in [-0.05, 0) is 23.8 Å². The van der Waals surface area contributed by atoms with Crippen LogP contribution in [0.4, 0.5) is 0 Å². The van der Waals surface area contributed by atoms with E-state index in [2.05, 4.69) is 10.3 Å². The number of rotatable bonds is 5. The van der Waals surface area contributed by atoms with Crippen molar-refractivity contribution in [3.05, 3.63) is 71.9 Å². The number of hydrogen-bond donors (Lipinski definition) is 2. The molecule has 138 valence electrons. The molecule has 0 saturated carbocycles. The lowest BCUT2D eigenvalue weighted by atomic mass is 10.1. The molecule has 0 bridgehead atoms. The number of hydrogen-bond acceptors (Lipinski definition) is 3. The van der Waals surface area contributed by atoms with Crippen molar-refractivity contribution in [1.29, 1.82) is 0 Å². The number of carbonyl (C=O) groups is 2. The van der Waals surface area contributed by atoms with Crippen molar-refractivity contribution in [3.8, 4) is 0 Å². The van der Waals surface area contributed by atoms with Gasteiger partial charge < -0.3 is 19.9 Å². The van der Waals surface area contributed by atoms with Gasteiger partial charge >= 0.3 is 0 Å². The summed E-state index contributed by atoms with van der Waals surface area (Å²) in [7, 11) is 0. The van der Waals surface area contributed by atoms with Gasteiger partial charge in [0.1, 0.15) is 6.61 Å². The minimum atomic E-state index is -0.221. The molecule has 6 heteroatoms. The van der Waals surface area contributed by atoms with E-state index in [1.807, 2.05) is 54.7 Å². The maximum absolute atomic E-state index is 12.6. The second kappa shape index (κ2) is 7.63. The van der Waals surface area contributed by atoms with Crippen molar-refractivity contribution < 1.29 is 14.3 Å². The molecule has 1 aliphatic heterocycles. The zero-order chi connectivity index (χ0) is 18.6. The van der Waals surface area contributed by atoms with Gasteiger partial charge in [0, 0.05) is 42.3 Å². The van der Waals surface area contributed by atoms with E-state index in [1.165, 1.54) is 0 Å². The lowest BCUT2D eigenvalue weighted by molar-refractivity contribution is -0.149. The van der Waals surface area contributed by atoms with E-state index < -0.39 is 0 Å². The van der Waals surface area contributed by atoms with Gasteiger partial charge in [-0.2, -0.15) is 0 Å². The lowest BCUT2D eigenvalue weighted by Gasteiger charge is -2.33. The first kappa shape index (κ1) is 17.3. The molecule has 0 spiro atoms. The Morgan fingerprint density at radius 1 is 1.15 bits per heavy atom. The van der Waals surface area contributed by atoms with Crippen LogP contribution in [0.2, 0.25) is 0 Å². The minimum Gasteiger partial charge on any atom is -0.365 e. The highest BCUT2D eigenvalue weighted by molar-refractivity contribution is 6.06. The molecule has 6 nitrogen and oxygen atoms in total. The van der Waals surface area contributed by atoms with Gasteiger partial charge in [-0.3, -0.25) is 9.59 Å². The Labute approximate surface area is 157 Å². The molecule has 1 aliphatic rings. The first-order valence-electron chi connectivity index (χ1n) is 8.98. The van der Waals surface area contributed by atoms with E-state index in [-0.39, 0.29) is 24.5 Å². The van der Waals surface area contributed by atoms with Crippen LogP contribution in [0.5, 0.6) is 0 Å². The first-order valence-corrected chi connectivity index (χ1v) is 8.98. The van der Waals surface area contributed by atoms with Crippen molar-refractivity contribution >= 4 is 22.7 Å². The zero-order valence-electron chi connectivity index (χ0n) is 14.9. The molecule has 1 fully saturated rings. The predicted octanol–water partition coefficient (Wildman–Crippen LogP) is 2.33. The Balaban J connectivity index is 1.37. The van der Waals surface area contributed by atoms with Gasteiger partial charge in [0.25, 0.3) is 5.91 Å². The molecule has 2 N–H and O–H groups in total. The number of carbonyl (C=O) groups excluding carboxylic acids is 2. The number of nitrogens with zero attached hydrogens (tertiary/aromatic N) is 1. The largest absolute Gasteiger partial charge is 0.365 e. The Morgan fingerprint density at radius 2 is 2.00 bits per heavy atom. The topological polar surface area (TPSA) is 74.4 Å². The van der Waals surface area contributed by atoms with E-state index in [4.69, 9.17) is 4.74 Å². The summed E-state index contributed by atoms with van der Waals surface area (Å²) < 4.78 is 5.60. The number of nitrogens with one attached hydrogen (secondary N) is 2. The molecule has 4 rings (SSSR count). The summed E-state index contributed by atoms with van der Waals surface area (Å²) in [5, 5.41) is 3.82. The summed E-state index contributed by atoms with van der Waals surface area (Å²) >= 11 is 0. The summed E-state index contributed by atoms with van der Waals surface area (Å²) in [6, 6.07) is 17.3. The fourth-order valence-corrected chi connectivity index (χ4v) is 3.35. The van der Waals surface area contributed by atoms with Crippen LogP contribution in [0.3, 0.4) is 0 Å². The van der Waals surface area contributed by atoms with Crippen LogP contribution >= 0.6 is 0 Å². The van der Waals surface area contributed by atoms with E-state index in [0.717, 1.165) is 16.5 Å². The van der Waals surface area contributed by atoms with Gasteiger partial charge in [-0.1, -0.05) is 36.4 Å². The van der Waals surface area contributed by atoms with Crippen LogP contribution in [0.15, 0.2) is 60.8 Å². The summed E-state index contributed by atoms with van der Waals surface area (Å²) in [4.78, 5) is 29.6. The Kier molecular flexibility index (Phi) is 4.89. The van der Waals surface area contributed by atoms with Gasteiger partial charge in [-0.25, -0.2) is 0 Å². The molecule has 27 heavy (non-hydrogen) atoms. The molecule has 2 heterocycles. The molecular formula is C21H21N3O3. The van der Waals surface area contributed by atoms with Crippen molar-refractivity contribution in [3.63, 3.8) is 0 Å². The Bertz CT molecular complexity index is 951. The first-order chi connectivity index (χ1) is 13.2. The second-order valence-electron chi connectivity index (χ2n) is 6.65. The van der Waals surface area contributed by atoms with Crippen LogP contribution in [0.25, 0.3) is 10.9 Å². The summed E-state index contributed by atoms with van der Waals surface area (Å²) in [5.74, 6) is -0.172. The highest BCUT2D eigenvalue weighted by Crippen LogP contribution is 2.17. The Hall–Kier alpha value is -3.12. The van der Waals surface area contributed by atoms with Gasteiger partial charge in [0.2, 0.25) is 5.91 Å². The van der Waals surface area contributed by atoms with Crippen LogP contribution in [-0.4, -0.2) is 47.5 Å². The number of amides is 2. The number of aromatic amines is 1. The van der Waals surface area contributed by atoms with Crippen molar-refractivity contribution in [1.82, 2.24) is 15.2 Å². The predicted molar refractivity (Wildman–Crippen MR) is 102 cm³/mol. The summed E-state index contributed by atoms with van der Waals surface area (Å²) in [6.45, 7) is 1.41. The van der Waals surface area contributed by atoms with Crippen LogP contribution in [0, 0.1) is 0 Å². The lowest BCUT2D eigenvalue weighted by Crippen LogP contribution is -2.50. The fourth-order valence-electron chi connectivity index (χ4n) is 3.35. The molecule has 0 radical (unpaired) electrons. The monoisotopic (exact) mass is 363 g/mol. The van der Waals surface area contributed by atoms with Gasteiger partial charge in [-0.15, -0.1) is 0 Å². The number of fused-ring (bicyclic) bond motifs is 1. The molecule has 1 saturated heterocycles. The number of ether oxygens (including phenoxy) is 1. The quantitative estimate of drug-likeness (QED) is 0.731. The van der Waals surface area contributed by atoms with Crippen molar-refractivity contribution in [2.75, 3.05) is 19.7 Å². The number of aromatic nitrogens is 1. The van der Waals surface area contributed by atoms with Crippen molar-refractivity contribution in [2.24, 2.45) is 0 Å². The third kappa shape index (κ3) is 3.85. The third-order valence-corrected chi connectivity index (χ3v) is 4.77. The molecule has 2 aromatic carbocycles. The maximum Gasteiger partial charge on any atom is 0.252 e. The fraction of sp³-hybridized carbons (Fsp3) is 0.238. The van der Waals surface area contributed by atoms with Crippen LogP contribution in [0.1, 0.15) is 15.9 Å². The van der Waals surface area contributed by atoms with Gasteiger partial charge in [0.15, 0.2) is 0 Å². The van der Waals surface area contributed by atoms with Crippen molar-refractivity contribution in [2.45, 2.75) is 12.6 Å². The minimum absolute atomic E-state index is 0.0291. The van der Waals surface area contributed by atoms with E-state index >= 15 is 0 Å². The average Bonchev–Trinajstić information content (AvgIpc) is 3.18. The standard InChI is InChI=1S/C21H21N3O3/c25-20-14-27-16(13-24(20)12-15-5-2-1-3-6-15)11-23-21(26)18-7-4-8-19-17(18)9-10-22-19/h1-10,16,22H,11-14H2,(H,23,26). The SMILES string of the molecule is O=C(NCC1CN(Cc2ccccc2)C(=O)CO1)c1cccc2[nH]ccc12. The smallest absolute Gasteiger partial charge is 0.252 e. The molecule has 2 amide bonds. The van der Waals surface area contributed by atoms with Crippen LogP contribution < -0.4 is 5.32 Å². The number of benzene rings is 2. The normalized spacial score (nSPS) is 17.3. The molecule has 0 aliphatic carbocycles. The van der Waals surface area contributed by atoms with E-state index in [1.54, 1.807) is 11.0 Å².